The monoisotopic (exact) mass is 183 g/mol. The Labute approximate surface area is 76.3 Å². The van der Waals surface area contributed by atoms with Crippen LogP contribution in [0.25, 0.3) is 0 Å². The van der Waals surface area contributed by atoms with E-state index in [4.69, 9.17) is 14.9 Å². The Bertz CT molecular complexity index is 330. The molecule has 0 spiro atoms. The van der Waals surface area contributed by atoms with Crippen molar-refractivity contribution in [1.82, 2.24) is 0 Å². The number of aryl methyl sites for hydroxylation is 1. The SMILES string of the molecule is Cc1cc(OC[C@@H](C)N)cc(=O)o1. The van der Waals surface area contributed by atoms with Crippen LogP contribution in [0.1, 0.15) is 12.7 Å². The van der Waals surface area contributed by atoms with Crippen molar-refractivity contribution in [3.05, 3.63) is 28.3 Å². The van der Waals surface area contributed by atoms with Gasteiger partial charge in [-0.05, 0) is 13.8 Å². The van der Waals surface area contributed by atoms with Crippen LogP contribution in [0.3, 0.4) is 0 Å². The Morgan fingerprint density at radius 3 is 2.85 bits per heavy atom. The predicted octanol–water partition coefficient (Wildman–Crippen LogP) is 0.674. The number of rotatable bonds is 3. The van der Waals surface area contributed by atoms with E-state index in [-0.39, 0.29) is 6.04 Å². The Morgan fingerprint density at radius 1 is 1.62 bits per heavy atom. The Balaban J connectivity index is 2.72. The van der Waals surface area contributed by atoms with E-state index in [2.05, 4.69) is 0 Å². The average molecular weight is 183 g/mol. The highest BCUT2D eigenvalue weighted by molar-refractivity contribution is 5.19. The largest absolute Gasteiger partial charge is 0.492 e. The van der Waals surface area contributed by atoms with Gasteiger partial charge in [0.2, 0.25) is 0 Å². The van der Waals surface area contributed by atoms with Crippen LogP contribution >= 0.6 is 0 Å². The molecule has 1 aromatic heterocycles. The van der Waals surface area contributed by atoms with Gasteiger partial charge in [0, 0.05) is 12.1 Å². The molecule has 1 heterocycles. The minimum absolute atomic E-state index is 0.0486. The van der Waals surface area contributed by atoms with Gasteiger partial charge in [-0.3, -0.25) is 0 Å². The second kappa shape index (κ2) is 4.09. The highest BCUT2D eigenvalue weighted by Crippen LogP contribution is 2.08. The van der Waals surface area contributed by atoms with E-state index in [1.807, 2.05) is 6.92 Å². The molecular weight excluding hydrogens is 170 g/mol. The number of hydrogen-bond donors (Lipinski definition) is 1. The smallest absolute Gasteiger partial charge is 0.339 e. The molecule has 2 N–H and O–H groups in total. The summed E-state index contributed by atoms with van der Waals surface area (Å²) < 4.78 is 10.0. The molecule has 0 unspecified atom stereocenters. The van der Waals surface area contributed by atoms with Gasteiger partial charge < -0.3 is 14.9 Å². The number of nitrogens with two attached hydrogens (primary N) is 1. The molecule has 0 radical (unpaired) electrons. The fourth-order valence-electron chi connectivity index (χ4n) is 0.887. The Kier molecular flexibility index (Phi) is 3.08. The van der Waals surface area contributed by atoms with Crippen LogP contribution in [0.5, 0.6) is 5.75 Å². The van der Waals surface area contributed by atoms with E-state index < -0.39 is 5.63 Å². The minimum Gasteiger partial charge on any atom is -0.492 e. The second-order valence-corrected chi connectivity index (χ2v) is 3.01. The van der Waals surface area contributed by atoms with Gasteiger partial charge in [-0.25, -0.2) is 4.79 Å². The van der Waals surface area contributed by atoms with Crippen molar-refractivity contribution in [3.63, 3.8) is 0 Å². The van der Waals surface area contributed by atoms with Gasteiger partial charge in [-0.1, -0.05) is 0 Å². The standard InChI is InChI=1S/C9H13NO3/c1-6(10)5-12-8-3-7(2)13-9(11)4-8/h3-4,6H,5,10H2,1-2H3/t6-/m1/s1. The van der Waals surface area contributed by atoms with Crippen molar-refractivity contribution in [2.24, 2.45) is 5.73 Å². The normalized spacial score (nSPS) is 12.5. The first kappa shape index (κ1) is 9.80. The molecule has 4 nitrogen and oxygen atoms in total. The molecule has 1 rings (SSSR count). The molecule has 0 bridgehead atoms. The van der Waals surface area contributed by atoms with Gasteiger partial charge in [0.25, 0.3) is 0 Å². The highest BCUT2D eigenvalue weighted by Gasteiger charge is 2.00. The highest BCUT2D eigenvalue weighted by atomic mass is 16.5. The molecule has 0 aliphatic rings. The van der Waals surface area contributed by atoms with Crippen LogP contribution in [-0.2, 0) is 0 Å². The van der Waals surface area contributed by atoms with Crippen LogP contribution in [0, 0.1) is 6.92 Å². The summed E-state index contributed by atoms with van der Waals surface area (Å²) in [6.45, 7) is 3.92. The maximum absolute atomic E-state index is 10.9. The minimum atomic E-state index is -0.403. The summed E-state index contributed by atoms with van der Waals surface area (Å²) in [5.41, 5.74) is 5.09. The molecule has 4 heteroatoms. The van der Waals surface area contributed by atoms with E-state index in [0.29, 0.717) is 18.1 Å². The molecule has 0 amide bonds. The van der Waals surface area contributed by atoms with Crippen LogP contribution in [-0.4, -0.2) is 12.6 Å². The lowest BCUT2D eigenvalue weighted by atomic mass is 10.4. The van der Waals surface area contributed by atoms with E-state index >= 15 is 0 Å². The topological polar surface area (TPSA) is 65.5 Å². The number of ether oxygens (including phenoxy) is 1. The van der Waals surface area contributed by atoms with Gasteiger partial charge in [0.05, 0.1) is 6.07 Å². The predicted molar refractivity (Wildman–Crippen MR) is 48.9 cm³/mol. The zero-order valence-electron chi connectivity index (χ0n) is 7.74. The second-order valence-electron chi connectivity index (χ2n) is 3.01. The van der Waals surface area contributed by atoms with Crippen molar-refractivity contribution in [2.45, 2.75) is 19.9 Å². The molecule has 0 saturated carbocycles. The summed E-state index contributed by atoms with van der Waals surface area (Å²) in [6.07, 6.45) is 0. The summed E-state index contributed by atoms with van der Waals surface area (Å²) in [7, 11) is 0. The van der Waals surface area contributed by atoms with Gasteiger partial charge in [-0.15, -0.1) is 0 Å². The van der Waals surface area contributed by atoms with E-state index in [0.717, 1.165) is 0 Å². The molecule has 0 fully saturated rings. The van der Waals surface area contributed by atoms with E-state index in [9.17, 15) is 4.79 Å². The third-order valence-corrected chi connectivity index (χ3v) is 1.38. The van der Waals surface area contributed by atoms with Crippen molar-refractivity contribution >= 4 is 0 Å². The fraction of sp³-hybridized carbons (Fsp3) is 0.444. The van der Waals surface area contributed by atoms with Gasteiger partial charge in [0.1, 0.15) is 18.1 Å². The van der Waals surface area contributed by atoms with Crippen LogP contribution < -0.4 is 16.1 Å². The summed E-state index contributed by atoms with van der Waals surface area (Å²) in [6, 6.07) is 2.91. The Hall–Kier alpha value is -1.29. The van der Waals surface area contributed by atoms with Crippen LogP contribution in [0.4, 0.5) is 0 Å². The summed E-state index contributed by atoms with van der Waals surface area (Å²) in [5, 5.41) is 0. The van der Waals surface area contributed by atoms with E-state index in [1.54, 1.807) is 13.0 Å². The Morgan fingerprint density at radius 2 is 2.31 bits per heavy atom. The molecule has 0 aromatic carbocycles. The third-order valence-electron chi connectivity index (χ3n) is 1.38. The molecule has 1 atom stereocenters. The lowest BCUT2D eigenvalue weighted by Crippen LogP contribution is -2.23. The van der Waals surface area contributed by atoms with Gasteiger partial charge in [-0.2, -0.15) is 0 Å². The molecule has 0 aliphatic heterocycles. The number of hydrogen-bond acceptors (Lipinski definition) is 4. The van der Waals surface area contributed by atoms with Crippen molar-refractivity contribution in [2.75, 3.05) is 6.61 Å². The zero-order chi connectivity index (χ0) is 9.84. The van der Waals surface area contributed by atoms with Crippen molar-refractivity contribution in [3.8, 4) is 5.75 Å². The first-order valence-corrected chi connectivity index (χ1v) is 4.08. The maximum Gasteiger partial charge on any atom is 0.339 e. The summed E-state index contributed by atoms with van der Waals surface area (Å²) >= 11 is 0. The average Bonchev–Trinajstić information content (AvgIpc) is 1.99. The first-order valence-electron chi connectivity index (χ1n) is 4.08. The summed E-state index contributed by atoms with van der Waals surface area (Å²) in [4.78, 5) is 10.9. The molecule has 0 saturated heterocycles. The van der Waals surface area contributed by atoms with Crippen LogP contribution in [0.2, 0.25) is 0 Å². The maximum atomic E-state index is 10.9. The quantitative estimate of drug-likeness (QED) is 0.748. The first-order chi connectivity index (χ1) is 6.08. The molecule has 1 aromatic rings. The van der Waals surface area contributed by atoms with Crippen LogP contribution in [0.15, 0.2) is 21.3 Å². The fourth-order valence-corrected chi connectivity index (χ4v) is 0.887. The molecule has 0 aliphatic carbocycles. The third kappa shape index (κ3) is 3.29. The molecule has 13 heavy (non-hydrogen) atoms. The van der Waals surface area contributed by atoms with Gasteiger partial charge >= 0.3 is 5.63 Å². The molecular formula is C9H13NO3. The van der Waals surface area contributed by atoms with Gasteiger partial charge in [0.15, 0.2) is 0 Å². The van der Waals surface area contributed by atoms with Crippen molar-refractivity contribution < 1.29 is 9.15 Å². The summed E-state index contributed by atoms with van der Waals surface area (Å²) in [5.74, 6) is 1.04. The lowest BCUT2D eigenvalue weighted by Gasteiger charge is -2.07. The lowest BCUT2D eigenvalue weighted by molar-refractivity contribution is 0.291. The molecule has 72 valence electrons. The van der Waals surface area contributed by atoms with E-state index in [1.165, 1.54) is 6.07 Å². The van der Waals surface area contributed by atoms with Crippen molar-refractivity contribution in [1.29, 1.82) is 0 Å². The zero-order valence-corrected chi connectivity index (χ0v) is 7.74.